The topological polar surface area (TPSA) is 58.6 Å². The summed E-state index contributed by atoms with van der Waals surface area (Å²) in [6.07, 6.45) is 1.80. The molecule has 2 heterocycles. The van der Waals surface area contributed by atoms with Gasteiger partial charge in [0.2, 0.25) is 0 Å². The van der Waals surface area contributed by atoms with Crippen LogP contribution in [0.15, 0.2) is 41.8 Å². The molecule has 2 aromatic rings. The number of likely N-dealkylation sites (tertiary alicyclic amines) is 1. The second-order valence-corrected chi connectivity index (χ2v) is 7.99. The molecule has 3 unspecified atom stereocenters. The number of ether oxygens (including phenoxy) is 1. The van der Waals surface area contributed by atoms with Gasteiger partial charge in [-0.3, -0.25) is 9.59 Å². The third-order valence-corrected chi connectivity index (χ3v) is 6.24. The van der Waals surface area contributed by atoms with Crippen LogP contribution in [0, 0.1) is 12.8 Å². The van der Waals surface area contributed by atoms with Gasteiger partial charge in [-0.2, -0.15) is 0 Å². The lowest BCUT2D eigenvalue weighted by molar-refractivity contribution is -0.135. The van der Waals surface area contributed by atoms with E-state index in [1.54, 1.807) is 0 Å². The second kappa shape index (κ2) is 7.11. The molecule has 2 fully saturated rings. The number of nitrogens with zero attached hydrogens (tertiary/aromatic N) is 1. The van der Waals surface area contributed by atoms with Crippen LogP contribution in [-0.4, -0.2) is 41.9 Å². The van der Waals surface area contributed by atoms with Gasteiger partial charge in [0.1, 0.15) is 5.75 Å². The van der Waals surface area contributed by atoms with Crippen LogP contribution in [-0.2, 0) is 4.79 Å². The first kappa shape index (κ1) is 17.1. The third-order valence-electron chi connectivity index (χ3n) is 5.37. The predicted octanol–water partition coefficient (Wildman–Crippen LogP) is 2.85. The fraction of sp³-hybridized carbons (Fsp3) is 0.400. The van der Waals surface area contributed by atoms with Crippen molar-refractivity contribution in [1.82, 2.24) is 10.2 Å². The number of hydrogen-bond acceptors (Lipinski definition) is 4. The van der Waals surface area contributed by atoms with E-state index >= 15 is 0 Å². The molecule has 3 atom stereocenters. The van der Waals surface area contributed by atoms with Crippen LogP contribution >= 0.6 is 11.3 Å². The van der Waals surface area contributed by atoms with Gasteiger partial charge < -0.3 is 15.0 Å². The molecular formula is C20H22N2O3S. The fourth-order valence-electron chi connectivity index (χ4n) is 4.02. The van der Waals surface area contributed by atoms with Gasteiger partial charge in [0.25, 0.3) is 11.8 Å². The summed E-state index contributed by atoms with van der Waals surface area (Å²) in [5, 5.41) is 5.05. The highest BCUT2D eigenvalue weighted by Gasteiger charge is 2.47. The number of para-hydroxylation sites is 1. The highest BCUT2D eigenvalue weighted by molar-refractivity contribution is 7.12. The second-order valence-electron chi connectivity index (χ2n) is 7.04. The number of benzene rings is 1. The van der Waals surface area contributed by atoms with Crippen molar-refractivity contribution in [2.75, 3.05) is 13.2 Å². The summed E-state index contributed by atoms with van der Waals surface area (Å²) in [5.41, 5.74) is 1.03. The number of fused-ring (bicyclic) bond motifs is 2. The molecular weight excluding hydrogens is 348 g/mol. The molecule has 1 aliphatic heterocycles. The van der Waals surface area contributed by atoms with Crippen LogP contribution in [0.25, 0.3) is 0 Å². The lowest BCUT2D eigenvalue weighted by Gasteiger charge is -2.32. The molecule has 1 aliphatic carbocycles. The number of thiophene rings is 1. The van der Waals surface area contributed by atoms with Gasteiger partial charge in [0.15, 0.2) is 6.61 Å². The molecule has 4 rings (SSSR count). The molecule has 2 bridgehead atoms. The minimum Gasteiger partial charge on any atom is -0.484 e. The molecule has 2 amide bonds. The lowest BCUT2D eigenvalue weighted by atomic mass is 10.0. The summed E-state index contributed by atoms with van der Waals surface area (Å²) in [5.74, 6) is 1.12. The largest absolute Gasteiger partial charge is 0.484 e. The van der Waals surface area contributed by atoms with Crippen molar-refractivity contribution in [3.05, 3.63) is 52.2 Å². The quantitative estimate of drug-likeness (QED) is 0.880. The van der Waals surface area contributed by atoms with E-state index in [4.69, 9.17) is 4.74 Å². The van der Waals surface area contributed by atoms with E-state index in [0.29, 0.717) is 12.5 Å². The van der Waals surface area contributed by atoms with Crippen LogP contribution < -0.4 is 10.1 Å². The van der Waals surface area contributed by atoms with Crippen molar-refractivity contribution >= 4 is 23.2 Å². The Morgan fingerprint density at radius 2 is 2.08 bits per heavy atom. The third kappa shape index (κ3) is 3.33. The normalized spacial score (nSPS) is 23.9. The van der Waals surface area contributed by atoms with E-state index in [0.717, 1.165) is 29.0 Å². The van der Waals surface area contributed by atoms with Crippen LogP contribution in [0.1, 0.15) is 28.1 Å². The zero-order chi connectivity index (χ0) is 18.1. The van der Waals surface area contributed by atoms with E-state index in [9.17, 15) is 9.59 Å². The number of carbonyl (C=O) groups is 2. The van der Waals surface area contributed by atoms with Crippen molar-refractivity contribution < 1.29 is 14.3 Å². The number of rotatable bonds is 5. The highest BCUT2D eigenvalue weighted by atomic mass is 32.1. The van der Waals surface area contributed by atoms with Crippen LogP contribution in [0.4, 0.5) is 0 Å². The Morgan fingerprint density at radius 3 is 2.77 bits per heavy atom. The molecule has 1 aromatic carbocycles. The maximum absolute atomic E-state index is 12.6. The van der Waals surface area contributed by atoms with Crippen molar-refractivity contribution in [1.29, 1.82) is 0 Å². The molecule has 6 heteroatoms. The van der Waals surface area contributed by atoms with Crippen molar-refractivity contribution in [2.24, 2.45) is 5.92 Å². The number of piperidine rings is 1. The number of aryl methyl sites for hydroxylation is 1. The van der Waals surface area contributed by atoms with Gasteiger partial charge in [0.05, 0.1) is 4.88 Å². The first-order valence-electron chi connectivity index (χ1n) is 8.94. The number of carbonyl (C=O) groups excluding carboxylic acids is 2. The summed E-state index contributed by atoms with van der Waals surface area (Å²) >= 11 is 1.45. The van der Waals surface area contributed by atoms with Gasteiger partial charge in [-0.15, -0.1) is 11.3 Å². The summed E-state index contributed by atoms with van der Waals surface area (Å²) in [6.45, 7) is 2.74. The minimum atomic E-state index is -0.00156. The Balaban J connectivity index is 1.30. The molecule has 1 N–H and O–H groups in total. The summed E-state index contributed by atoms with van der Waals surface area (Å²) < 4.78 is 5.70. The monoisotopic (exact) mass is 370 g/mol. The Labute approximate surface area is 157 Å². The number of nitrogens with one attached hydrogen (secondary N) is 1. The van der Waals surface area contributed by atoms with Gasteiger partial charge >= 0.3 is 0 Å². The van der Waals surface area contributed by atoms with Crippen molar-refractivity contribution in [3.63, 3.8) is 0 Å². The molecule has 5 nitrogen and oxygen atoms in total. The van der Waals surface area contributed by atoms with Crippen molar-refractivity contribution in [2.45, 2.75) is 31.8 Å². The van der Waals surface area contributed by atoms with E-state index in [1.165, 1.54) is 11.3 Å². The summed E-state index contributed by atoms with van der Waals surface area (Å²) in [6, 6.07) is 11.8. The Morgan fingerprint density at radius 1 is 1.23 bits per heavy atom. The van der Waals surface area contributed by atoms with Crippen molar-refractivity contribution in [3.8, 4) is 5.75 Å². The molecule has 1 saturated carbocycles. The molecule has 2 aliphatic rings. The maximum atomic E-state index is 12.6. The first-order chi connectivity index (χ1) is 12.6. The SMILES string of the molecule is Cc1ccccc1OCC(=O)N1CC2CC1CC2NC(=O)c1cccs1. The summed E-state index contributed by atoms with van der Waals surface area (Å²) in [4.78, 5) is 27.5. The molecule has 1 aromatic heterocycles. The van der Waals surface area contributed by atoms with E-state index < -0.39 is 0 Å². The molecule has 0 spiro atoms. The smallest absolute Gasteiger partial charge is 0.261 e. The van der Waals surface area contributed by atoms with Gasteiger partial charge in [0, 0.05) is 18.6 Å². The standard InChI is InChI=1S/C20H22N2O3S/c1-13-5-2-3-6-17(13)25-12-19(23)22-11-14-9-15(22)10-16(14)21-20(24)18-7-4-8-26-18/h2-8,14-16H,9-12H2,1H3,(H,21,24). The minimum absolute atomic E-state index is 0.00156. The Hall–Kier alpha value is -2.34. The van der Waals surface area contributed by atoms with Gasteiger partial charge in [-0.25, -0.2) is 0 Å². The van der Waals surface area contributed by atoms with Gasteiger partial charge in [-0.05, 0) is 48.8 Å². The zero-order valence-electron chi connectivity index (χ0n) is 14.7. The summed E-state index contributed by atoms with van der Waals surface area (Å²) in [7, 11) is 0. The van der Waals surface area contributed by atoms with Gasteiger partial charge in [-0.1, -0.05) is 24.3 Å². The number of amides is 2. The lowest BCUT2D eigenvalue weighted by Crippen LogP contribution is -2.48. The molecule has 1 saturated heterocycles. The average molecular weight is 370 g/mol. The van der Waals surface area contributed by atoms with E-state index in [1.807, 2.05) is 53.6 Å². The highest BCUT2D eigenvalue weighted by Crippen LogP contribution is 2.38. The Bertz CT molecular complexity index is 805. The maximum Gasteiger partial charge on any atom is 0.261 e. The zero-order valence-corrected chi connectivity index (χ0v) is 15.5. The van der Waals surface area contributed by atoms with E-state index in [2.05, 4.69) is 5.32 Å². The van der Waals surface area contributed by atoms with Crippen LogP contribution in [0.2, 0.25) is 0 Å². The number of hydrogen-bond donors (Lipinski definition) is 1. The Kier molecular flexibility index (Phi) is 4.68. The molecule has 0 radical (unpaired) electrons. The fourth-order valence-corrected chi connectivity index (χ4v) is 4.65. The molecule has 136 valence electrons. The van der Waals surface area contributed by atoms with Crippen LogP contribution in [0.3, 0.4) is 0 Å². The first-order valence-corrected chi connectivity index (χ1v) is 9.82. The van der Waals surface area contributed by atoms with E-state index in [-0.39, 0.29) is 30.5 Å². The van der Waals surface area contributed by atoms with Crippen LogP contribution in [0.5, 0.6) is 5.75 Å². The predicted molar refractivity (Wildman–Crippen MR) is 100 cm³/mol. The molecule has 26 heavy (non-hydrogen) atoms. The average Bonchev–Trinajstić information content (AvgIpc) is 3.37.